The number of hydrogen-bond donors (Lipinski definition) is 0. The minimum Gasteiger partial charge on any atom is -0.497 e. The molecule has 1 rings (SSSR count). The van der Waals surface area contributed by atoms with Gasteiger partial charge in [-0.15, -0.1) is 0 Å². The lowest BCUT2D eigenvalue weighted by molar-refractivity contribution is -0.0770. The molecule has 6 heteroatoms. The van der Waals surface area contributed by atoms with E-state index in [1.165, 1.54) is 57.8 Å². The van der Waals surface area contributed by atoms with E-state index in [-0.39, 0.29) is 12.3 Å². The zero-order valence-corrected chi connectivity index (χ0v) is 16.9. The van der Waals surface area contributed by atoms with E-state index in [1.807, 2.05) is 6.08 Å². The van der Waals surface area contributed by atoms with Crippen molar-refractivity contribution in [2.24, 2.45) is 4.99 Å². The normalized spacial score (nSPS) is 12.5. The Morgan fingerprint density at radius 2 is 1.54 bits per heavy atom. The number of benzene rings is 1. The summed E-state index contributed by atoms with van der Waals surface area (Å²) < 4.78 is 49.1. The lowest BCUT2D eigenvalue weighted by atomic mass is 10.1. The minimum atomic E-state index is -4.63. The molecule has 1 aromatic carbocycles. The molecule has 0 aliphatic heterocycles. The van der Waals surface area contributed by atoms with Crippen molar-refractivity contribution < 1.29 is 22.6 Å². The van der Waals surface area contributed by atoms with Crippen molar-refractivity contribution in [3.63, 3.8) is 0 Å². The number of allylic oxidation sites excluding steroid dienone is 1. The Kier molecular flexibility index (Phi) is 12.1. The first-order chi connectivity index (χ1) is 13.5. The van der Waals surface area contributed by atoms with Crippen LogP contribution in [0.4, 0.5) is 18.9 Å². The van der Waals surface area contributed by atoms with Crippen LogP contribution >= 0.6 is 0 Å². The van der Waals surface area contributed by atoms with Gasteiger partial charge in [-0.1, -0.05) is 64.0 Å². The van der Waals surface area contributed by atoms with Crippen molar-refractivity contribution in [2.75, 3.05) is 13.7 Å². The summed E-state index contributed by atoms with van der Waals surface area (Å²) >= 11 is 0. The predicted molar refractivity (Wildman–Crippen MR) is 108 cm³/mol. The Morgan fingerprint density at radius 1 is 0.929 bits per heavy atom. The van der Waals surface area contributed by atoms with Crippen LogP contribution in [-0.4, -0.2) is 25.8 Å². The number of unbranched alkanes of at least 4 members (excludes halogenated alkanes) is 8. The molecule has 0 radical (unpaired) electrons. The zero-order valence-electron chi connectivity index (χ0n) is 16.9. The fourth-order valence-corrected chi connectivity index (χ4v) is 2.66. The smallest absolute Gasteiger partial charge is 0.468 e. The number of hydrogen-bond acceptors (Lipinski definition) is 3. The van der Waals surface area contributed by atoms with E-state index in [4.69, 9.17) is 9.47 Å². The van der Waals surface area contributed by atoms with Crippen LogP contribution in [0.1, 0.15) is 64.7 Å². The monoisotopic (exact) mass is 399 g/mol. The highest BCUT2D eigenvalue weighted by Crippen LogP contribution is 2.24. The molecule has 158 valence electrons. The summed E-state index contributed by atoms with van der Waals surface area (Å²) in [4.78, 5) is 3.57. The van der Waals surface area contributed by atoms with Crippen LogP contribution in [0.15, 0.2) is 41.4 Å². The maximum atomic E-state index is 13.1. The van der Waals surface area contributed by atoms with E-state index in [0.717, 1.165) is 19.3 Å². The van der Waals surface area contributed by atoms with E-state index < -0.39 is 12.1 Å². The van der Waals surface area contributed by atoms with Crippen molar-refractivity contribution in [2.45, 2.75) is 70.9 Å². The van der Waals surface area contributed by atoms with Crippen LogP contribution in [0.3, 0.4) is 0 Å². The van der Waals surface area contributed by atoms with Crippen molar-refractivity contribution >= 4 is 11.6 Å². The van der Waals surface area contributed by atoms with Crippen LogP contribution in [-0.2, 0) is 4.74 Å². The van der Waals surface area contributed by atoms with Crippen molar-refractivity contribution in [3.8, 4) is 5.75 Å². The first-order valence-corrected chi connectivity index (χ1v) is 10.0. The summed E-state index contributed by atoms with van der Waals surface area (Å²) in [5, 5.41) is 0. The van der Waals surface area contributed by atoms with Gasteiger partial charge in [-0.25, -0.2) is 4.99 Å². The van der Waals surface area contributed by atoms with E-state index in [9.17, 15) is 13.2 Å². The van der Waals surface area contributed by atoms with E-state index >= 15 is 0 Å². The van der Waals surface area contributed by atoms with Crippen molar-refractivity contribution in [3.05, 3.63) is 36.4 Å². The Balaban J connectivity index is 2.32. The second kappa shape index (κ2) is 14.1. The average molecular weight is 399 g/mol. The van der Waals surface area contributed by atoms with Gasteiger partial charge in [0.25, 0.3) is 5.90 Å². The molecule has 0 aromatic heterocycles. The molecule has 0 heterocycles. The quantitative estimate of drug-likeness (QED) is 0.150. The highest BCUT2D eigenvalue weighted by Gasteiger charge is 2.38. The van der Waals surface area contributed by atoms with Gasteiger partial charge in [0.1, 0.15) is 12.4 Å². The maximum Gasteiger partial charge on any atom is 0.468 e. The van der Waals surface area contributed by atoms with Gasteiger partial charge in [0.05, 0.1) is 12.8 Å². The Morgan fingerprint density at radius 3 is 2.11 bits per heavy atom. The average Bonchev–Trinajstić information content (AvgIpc) is 2.67. The highest BCUT2D eigenvalue weighted by atomic mass is 19.4. The van der Waals surface area contributed by atoms with Crippen molar-refractivity contribution in [1.29, 1.82) is 0 Å². The topological polar surface area (TPSA) is 30.8 Å². The number of halogens is 3. The molecule has 0 saturated heterocycles. The summed E-state index contributed by atoms with van der Waals surface area (Å²) in [5.41, 5.74) is 0.163. The fourth-order valence-electron chi connectivity index (χ4n) is 2.66. The second-order valence-electron chi connectivity index (χ2n) is 6.66. The molecule has 0 aliphatic rings. The number of methoxy groups -OCH3 is 1. The SMILES string of the molecule is CCCCCCCCCC/C=C/COC(=Nc1ccc(OC)cc1)C(F)(F)F. The molecular formula is C22H32F3NO2. The van der Waals surface area contributed by atoms with E-state index in [1.54, 1.807) is 18.2 Å². The molecule has 0 amide bonds. The van der Waals surface area contributed by atoms with Crippen LogP contribution in [0.25, 0.3) is 0 Å². The van der Waals surface area contributed by atoms with Crippen LogP contribution < -0.4 is 4.74 Å². The first kappa shape index (κ1) is 24.1. The van der Waals surface area contributed by atoms with Gasteiger partial charge in [0.15, 0.2) is 0 Å². The van der Waals surface area contributed by atoms with Gasteiger partial charge in [-0.3, -0.25) is 0 Å². The summed E-state index contributed by atoms with van der Waals surface area (Å²) in [6.07, 6.45) is 9.59. The Labute approximate surface area is 166 Å². The third-order valence-electron chi connectivity index (χ3n) is 4.25. The zero-order chi connectivity index (χ0) is 20.7. The number of alkyl halides is 3. The summed E-state index contributed by atoms with van der Waals surface area (Å²) in [6.45, 7) is 2.06. The predicted octanol–water partition coefficient (Wildman–Crippen LogP) is 7.39. The third kappa shape index (κ3) is 11.0. The van der Waals surface area contributed by atoms with Gasteiger partial charge in [-0.2, -0.15) is 13.2 Å². The van der Waals surface area contributed by atoms with Gasteiger partial charge in [-0.05, 0) is 37.1 Å². The number of aliphatic imine (C=N–C) groups is 1. The summed E-state index contributed by atoms with van der Waals surface area (Å²) in [6, 6.07) is 6.01. The summed E-state index contributed by atoms with van der Waals surface area (Å²) in [5.74, 6) is -0.688. The minimum absolute atomic E-state index is 0.147. The van der Waals surface area contributed by atoms with Gasteiger partial charge in [0.2, 0.25) is 0 Å². The van der Waals surface area contributed by atoms with Gasteiger partial charge in [0, 0.05) is 0 Å². The van der Waals surface area contributed by atoms with Crippen LogP contribution in [0.2, 0.25) is 0 Å². The fraction of sp³-hybridized carbons (Fsp3) is 0.591. The molecule has 0 N–H and O–H groups in total. The number of ether oxygens (including phenoxy) is 2. The van der Waals surface area contributed by atoms with E-state index in [2.05, 4.69) is 11.9 Å². The molecule has 0 bridgehead atoms. The molecule has 0 unspecified atom stereocenters. The number of rotatable bonds is 13. The van der Waals surface area contributed by atoms with Crippen LogP contribution in [0, 0.1) is 0 Å². The largest absolute Gasteiger partial charge is 0.497 e. The van der Waals surface area contributed by atoms with E-state index in [0.29, 0.717) is 5.75 Å². The maximum absolute atomic E-state index is 13.1. The van der Waals surface area contributed by atoms with Gasteiger partial charge >= 0.3 is 6.18 Å². The molecule has 3 nitrogen and oxygen atoms in total. The van der Waals surface area contributed by atoms with Crippen molar-refractivity contribution in [1.82, 2.24) is 0 Å². The summed E-state index contributed by atoms with van der Waals surface area (Å²) in [7, 11) is 1.49. The van der Waals surface area contributed by atoms with Gasteiger partial charge < -0.3 is 9.47 Å². The van der Waals surface area contributed by atoms with Crippen LogP contribution in [0.5, 0.6) is 5.75 Å². The number of nitrogens with zero attached hydrogens (tertiary/aromatic N) is 1. The molecule has 1 aromatic rings. The standard InChI is InChI=1S/C22H32F3NO2/c1-3-4-5-6-7-8-9-10-11-12-13-18-28-21(22(23,24)25)26-19-14-16-20(27-2)17-15-19/h12-17H,3-11,18H2,1-2H3/b13-12+,26-21?. The molecular weight excluding hydrogens is 367 g/mol. The lowest BCUT2D eigenvalue weighted by Gasteiger charge is -2.11. The molecule has 0 aliphatic carbocycles. The Hall–Kier alpha value is -1.98. The molecule has 0 spiro atoms. The molecule has 0 saturated carbocycles. The lowest BCUT2D eigenvalue weighted by Crippen LogP contribution is -2.25. The molecule has 28 heavy (non-hydrogen) atoms. The molecule has 0 fully saturated rings. The Bertz CT molecular complexity index is 580. The highest BCUT2D eigenvalue weighted by molar-refractivity contribution is 5.84. The third-order valence-corrected chi connectivity index (χ3v) is 4.25. The first-order valence-electron chi connectivity index (χ1n) is 10.0. The second-order valence-corrected chi connectivity index (χ2v) is 6.66. The molecule has 0 atom stereocenters.